The Kier molecular flexibility index (Phi) is 6.53. The van der Waals surface area contributed by atoms with Crippen LogP contribution in [-0.2, 0) is 4.79 Å². The molecule has 2 N–H and O–H groups in total. The molecule has 1 saturated heterocycles. The van der Waals surface area contributed by atoms with Gasteiger partial charge in [-0.3, -0.25) is 4.79 Å². The predicted molar refractivity (Wildman–Crippen MR) is 95.6 cm³/mol. The Balaban J connectivity index is 0.00000208. The Bertz CT molecular complexity index is 704. The summed E-state index contributed by atoms with van der Waals surface area (Å²) in [5.41, 5.74) is 1.28. The van der Waals surface area contributed by atoms with E-state index < -0.39 is 5.82 Å². The molecule has 5 nitrogen and oxygen atoms in total. The molecule has 3 rings (SSSR count). The Morgan fingerprint density at radius 3 is 2.96 bits per heavy atom. The largest absolute Gasteiger partial charge is 0.494 e. The highest BCUT2D eigenvalue weighted by Gasteiger charge is 2.21. The zero-order chi connectivity index (χ0) is 16.2. The molecule has 1 aliphatic rings. The standard InChI is InChI=1S/C16H18FN3O2S.ClH/c1-22-14-6-5-10(8-11(14)17)13-9-23-16(19-13)20-15(21)12-4-2-3-7-18-12;/h5-6,8-9,12,18H,2-4,7H2,1H3,(H,19,20,21);1H. The van der Waals surface area contributed by atoms with Gasteiger partial charge in [-0.15, -0.1) is 23.7 Å². The molecule has 130 valence electrons. The number of piperidine rings is 1. The zero-order valence-corrected chi connectivity index (χ0v) is 14.8. The van der Waals surface area contributed by atoms with E-state index in [0.29, 0.717) is 16.4 Å². The maximum Gasteiger partial charge on any atom is 0.243 e. The second kappa shape index (κ2) is 8.41. The molecular weight excluding hydrogens is 353 g/mol. The number of halogens is 2. The van der Waals surface area contributed by atoms with Crippen molar-refractivity contribution in [1.82, 2.24) is 10.3 Å². The van der Waals surface area contributed by atoms with Crippen molar-refractivity contribution in [1.29, 1.82) is 0 Å². The maximum absolute atomic E-state index is 13.8. The molecule has 1 amide bonds. The summed E-state index contributed by atoms with van der Waals surface area (Å²) in [6.07, 6.45) is 3.00. The average Bonchev–Trinajstić information content (AvgIpc) is 3.04. The van der Waals surface area contributed by atoms with Crippen molar-refractivity contribution < 1.29 is 13.9 Å². The first-order chi connectivity index (χ1) is 11.2. The Morgan fingerprint density at radius 2 is 2.29 bits per heavy atom. The number of hydrogen-bond donors (Lipinski definition) is 2. The first-order valence-corrected chi connectivity index (χ1v) is 8.39. The van der Waals surface area contributed by atoms with Gasteiger partial charge >= 0.3 is 0 Å². The van der Waals surface area contributed by atoms with E-state index in [9.17, 15) is 9.18 Å². The molecule has 1 atom stereocenters. The molecule has 0 saturated carbocycles. The fourth-order valence-corrected chi connectivity index (χ4v) is 3.28. The minimum atomic E-state index is -0.435. The summed E-state index contributed by atoms with van der Waals surface area (Å²) >= 11 is 1.33. The van der Waals surface area contributed by atoms with Crippen LogP contribution in [0.25, 0.3) is 11.3 Å². The zero-order valence-electron chi connectivity index (χ0n) is 13.2. The Labute approximate surface area is 150 Å². The molecule has 1 unspecified atom stereocenters. The molecule has 2 aromatic rings. The summed E-state index contributed by atoms with van der Waals surface area (Å²) in [5, 5.41) is 8.34. The molecule has 0 bridgehead atoms. The van der Waals surface area contributed by atoms with Crippen molar-refractivity contribution in [3.8, 4) is 17.0 Å². The van der Waals surface area contributed by atoms with Gasteiger partial charge in [0.1, 0.15) is 0 Å². The molecule has 24 heavy (non-hydrogen) atoms. The summed E-state index contributed by atoms with van der Waals surface area (Å²) in [5.74, 6) is -0.303. The normalized spacial score (nSPS) is 17.0. The van der Waals surface area contributed by atoms with Crippen molar-refractivity contribution >= 4 is 34.8 Å². The molecule has 1 aromatic carbocycles. The lowest BCUT2D eigenvalue weighted by Crippen LogP contribution is -2.43. The number of aromatic nitrogens is 1. The summed E-state index contributed by atoms with van der Waals surface area (Å²) in [7, 11) is 1.42. The molecule has 1 aliphatic heterocycles. The number of carbonyl (C=O) groups excluding carboxylic acids is 1. The molecule has 0 aliphatic carbocycles. The van der Waals surface area contributed by atoms with E-state index in [1.54, 1.807) is 17.5 Å². The van der Waals surface area contributed by atoms with E-state index in [-0.39, 0.29) is 30.1 Å². The third kappa shape index (κ3) is 4.23. The number of nitrogens with one attached hydrogen (secondary N) is 2. The number of nitrogens with zero attached hydrogens (tertiary/aromatic N) is 1. The molecule has 2 heterocycles. The summed E-state index contributed by atoms with van der Waals surface area (Å²) < 4.78 is 18.7. The monoisotopic (exact) mass is 371 g/mol. The number of amides is 1. The highest BCUT2D eigenvalue weighted by Crippen LogP contribution is 2.28. The van der Waals surface area contributed by atoms with Crippen LogP contribution in [0.5, 0.6) is 5.75 Å². The number of rotatable bonds is 4. The second-order valence-corrected chi connectivity index (χ2v) is 6.24. The number of thiazole rings is 1. The molecule has 8 heteroatoms. The van der Waals surface area contributed by atoms with Gasteiger partial charge in [0.25, 0.3) is 0 Å². The van der Waals surface area contributed by atoms with Gasteiger partial charge in [-0.05, 0) is 37.6 Å². The van der Waals surface area contributed by atoms with E-state index in [1.165, 1.54) is 24.5 Å². The number of ether oxygens (including phenoxy) is 1. The third-order valence-electron chi connectivity index (χ3n) is 3.81. The highest BCUT2D eigenvalue weighted by atomic mass is 35.5. The van der Waals surface area contributed by atoms with Crippen LogP contribution >= 0.6 is 23.7 Å². The number of methoxy groups -OCH3 is 1. The fourth-order valence-electron chi connectivity index (χ4n) is 2.56. The minimum Gasteiger partial charge on any atom is -0.494 e. The van der Waals surface area contributed by atoms with Crippen molar-refractivity contribution in [2.45, 2.75) is 25.3 Å². The topological polar surface area (TPSA) is 63.2 Å². The van der Waals surface area contributed by atoms with Crippen molar-refractivity contribution in [2.24, 2.45) is 0 Å². The SMILES string of the molecule is COc1ccc(-c2csc(NC(=O)C3CCCCN3)n2)cc1F.Cl. The first kappa shape index (κ1) is 18.6. The number of carbonyl (C=O) groups is 1. The first-order valence-electron chi connectivity index (χ1n) is 7.51. The van der Waals surface area contributed by atoms with Gasteiger partial charge in [-0.25, -0.2) is 9.37 Å². The van der Waals surface area contributed by atoms with Gasteiger partial charge in [0.2, 0.25) is 5.91 Å². The summed E-state index contributed by atoms with van der Waals surface area (Å²) in [4.78, 5) is 16.5. The number of hydrogen-bond acceptors (Lipinski definition) is 5. The van der Waals surface area contributed by atoms with Crippen LogP contribution in [-0.4, -0.2) is 30.6 Å². The van der Waals surface area contributed by atoms with E-state index in [0.717, 1.165) is 25.8 Å². The molecular formula is C16H19ClFN3O2S. The van der Waals surface area contributed by atoms with Gasteiger partial charge in [0.15, 0.2) is 16.7 Å². The average molecular weight is 372 g/mol. The van der Waals surface area contributed by atoms with Gasteiger partial charge in [0.05, 0.1) is 18.8 Å². The predicted octanol–water partition coefficient (Wildman–Crippen LogP) is 3.46. The number of benzene rings is 1. The molecule has 1 fully saturated rings. The van der Waals surface area contributed by atoms with Crippen molar-refractivity contribution in [2.75, 3.05) is 19.0 Å². The van der Waals surface area contributed by atoms with Crippen LogP contribution in [0.15, 0.2) is 23.6 Å². The molecule has 0 radical (unpaired) electrons. The third-order valence-corrected chi connectivity index (χ3v) is 4.57. The van der Waals surface area contributed by atoms with Crippen molar-refractivity contribution in [3.05, 3.63) is 29.4 Å². The van der Waals surface area contributed by atoms with E-state index in [1.807, 2.05) is 0 Å². The lowest BCUT2D eigenvalue weighted by atomic mass is 10.0. The maximum atomic E-state index is 13.8. The van der Waals surface area contributed by atoms with Crippen LogP contribution < -0.4 is 15.4 Å². The van der Waals surface area contributed by atoms with E-state index in [4.69, 9.17) is 4.74 Å². The second-order valence-electron chi connectivity index (χ2n) is 5.38. The lowest BCUT2D eigenvalue weighted by molar-refractivity contribution is -0.118. The smallest absolute Gasteiger partial charge is 0.243 e. The van der Waals surface area contributed by atoms with E-state index in [2.05, 4.69) is 15.6 Å². The van der Waals surface area contributed by atoms with Crippen LogP contribution in [0.4, 0.5) is 9.52 Å². The highest BCUT2D eigenvalue weighted by molar-refractivity contribution is 7.14. The van der Waals surface area contributed by atoms with Gasteiger partial charge in [0, 0.05) is 10.9 Å². The van der Waals surface area contributed by atoms with Gasteiger partial charge in [-0.1, -0.05) is 6.42 Å². The van der Waals surface area contributed by atoms with E-state index >= 15 is 0 Å². The van der Waals surface area contributed by atoms with Crippen molar-refractivity contribution in [3.63, 3.8) is 0 Å². The lowest BCUT2D eigenvalue weighted by Gasteiger charge is -2.21. The Hall–Kier alpha value is -1.70. The fraction of sp³-hybridized carbons (Fsp3) is 0.375. The van der Waals surface area contributed by atoms with Crippen LogP contribution in [0.2, 0.25) is 0 Å². The Morgan fingerprint density at radius 1 is 1.46 bits per heavy atom. The van der Waals surface area contributed by atoms with Gasteiger partial charge in [-0.2, -0.15) is 0 Å². The minimum absolute atomic E-state index is 0. The quantitative estimate of drug-likeness (QED) is 0.863. The number of anilines is 1. The summed E-state index contributed by atoms with van der Waals surface area (Å²) in [6, 6.07) is 4.52. The summed E-state index contributed by atoms with van der Waals surface area (Å²) in [6.45, 7) is 0.867. The van der Waals surface area contributed by atoms with Gasteiger partial charge < -0.3 is 15.4 Å². The van der Waals surface area contributed by atoms with Crippen LogP contribution in [0.1, 0.15) is 19.3 Å². The molecule has 1 aromatic heterocycles. The van der Waals surface area contributed by atoms with Crippen LogP contribution in [0.3, 0.4) is 0 Å². The van der Waals surface area contributed by atoms with Crippen LogP contribution in [0, 0.1) is 5.82 Å². The molecule has 0 spiro atoms.